The molecule has 0 bridgehead atoms. The van der Waals surface area contributed by atoms with Gasteiger partial charge in [-0.2, -0.15) is 0 Å². The van der Waals surface area contributed by atoms with Gasteiger partial charge in [0.1, 0.15) is 5.82 Å². The zero-order chi connectivity index (χ0) is 12.4. The summed E-state index contributed by atoms with van der Waals surface area (Å²) in [5, 5.41) is 0.285. The second-order valence-corrected chi connectivity index (χ2v) is 5.13. The van der Waals surface area contributed by atoms with Crippen molar-refractivity contribution in [1.29, 1.82) is 0 Å². The highest BCUT2D eigenvalue weighted by molar-refractivity contribution is 7.09. The van der Waals surface area contributed by atoms with E-state index in [1.807, 2.05) is 37.4 Å². The summed E-state index contributed by atoms with van der Waals surface area (Å²) < 4.78 is 0. The van der Waals surface area contributed by atoms with Gasteiger partial charge in [0.25, 0.3) is 0 Å². The Kier molecular flexibility index (Phi) is 3.59. The molecule has 0 N–H and O–H groups in total. The molecule has 0 aliphatic heterocycles. The standard InChI is InChI=1S/C11H13ClN4S/c1-7-4-10(15-11(12)14-7)16(3)5-9-8(2)13-6-17-9/h4,6H,5H2,1-3H3. The van der Waals surface area contributed by atoms with Gasteiger partial charge in [-0.05, 0) is 25.4 Å². The SMILES string of the molecule is Cc1cc(N(C)Cc2scnc2C)nc(Cl)n1. The van der Waals surface area contributed by atoms with Gasteiger partial charge in [0.15, 0.2) is 0 Å². The van der Waals surface area contributed by atoms with E-state index >= 15 is 0 Å². The molecular weight excluding hydrogens is 256 g/mol. The predicted molar refractivity (Wildman–Crippen MR) is 70.7 cm³/mol. The van der Waals surface area contributed by atoms with Gasteiger partial charge in [-0.1, -0.05) is 0 Å². The molecular formula is C11H13ClN4S. The Labute approximate surface area is 109 Å². The van der Waals surface area contributed by atoms with E-state index in [4.69, 9.17) is 11.6 Å². The summed E-state index contributed by atoms with van der Waals surface area (Å²) in [5.41, 5.74) is 3.79. The Bertz CT molecular complexity index is 506. The first-order valence-corrected chi connectivity index (χ1v) is 6.43. The maximum atomic E-state index is 5.85. The first-order chi connectivity index (χ1) is 8.06. The number of aromatic nitrogens is 3. The topological polar surface area (TPSA) is 41.9 Å². The fraction of sp³-hybridized carbons (Fsp3) is 0.364. The van der Waals surface area contributed by atoms with E-state index in [0.717, 1.165) is 23.8 Å². The lowest BCUT2D eigenvalue weighted by atomic mass is 10.3. The monoisotopic (exact) mass is 268 g/mol. The molecule has 90 valence electrons. The molecule has 0 aliphatic rings. The van der Waals surface area contributed by atoms with Crippen LogP contribution in [-0.4, -0.2) is 22.0 Å². The van der Waals surface area contributed by atoms with Crippen LogP contribution in [0, 0.1) is 13.8 Å². The molecule has 0 amide bonds. The molecule has 0 atom stereocenters. The van der Waals surface area contributed by atoms with E-state index in [1.54, 1.807) is 11.3 Å². The van der Waals surface area contributed by atoms with Crippen LogP contribution in [0.15, 0.2) is 11.6 Å². The summed E-state index contributed by atoms with van der Waals surface area (Å²) in [6.45, 7) is 4.70. The summed E-state index contributed by atoms with van der Waals surface area (Å²) in [6.07, 6.45) is 0. The Morgan fingerprint density at radius 3 is 2.71 bits per heavy atom. The lowest BCUT2D eigenvalue weighted by Gasteiger charge is -2.17. The van der Waals surface area contributed by atoms with E-state index in [0.29, 0.717) is 0 Å². The number of thiazole rings is 1. The number of halogens is 1. The zero-order valence-electron chi connectivity index (χ0n) is 9.94. The number of rotatable bonds is 3. The molecule has 0 saturated carbocycles. The molecule has 0 radical (unpaired) electrons. The van der Waals surface area contributed by atoms with Crippen molar-refractivity contribution in [2.45, 2.75) is 20.4 Å². The van der Waals surface area contributed by atoms with Crippen LogP contribution in [0.3, 0.4) is 0 Å². The minimum absolute atomic E-state index is 0.285. The van der Waals surface area contributed by atoms with Crippen LogP contribution in [0.25, 0.3) is 0 Å². The summed E-state index contributed by atoms with van der Waals surface area (Å²) in [4.78, 5) is 15.8. The number of nitrogens with zero attached hydrogens (tertiary/aromatic N) is 4. The van der Waals surface area contributed by atoms with Crippen LogP contribution in [0.1, 0.15) is 16.3 Å². The first-order valence-electron chi connectivity index (χ1n) is 5.17. The first kappa shape index (κ1) is 12.3. The molecule has 0 unspecified atom stereocenters. The van der Waals surface area contributed by atoms with Crippen molar-refractivity contribution in [2.24, 2.45) is 0 Å². The highest BCUT2D eigenvalue weighted by Crippen LogP contribution is 2.19. The van der Waals surface area contributed by atoms with Crippen molar-refractivity contribution in [3.05, 3.63) is 33.1 Å². The van der Waals surface area contributed by atoms with Gasteiger partial charge in [-0.3, -0.25) is 0 Å². The van der Waals surface area contributed by atoms with E-state index in [-0.39, 0.29) is 5.28 Å². The van der Waals surface area contributed by atoms with Crippen LogP contribution < -0.4 is 4.90 Å². The number of hydrogen-bond donors (Lipinski definition) is 0. The van der Waals surface area contributed by atoms with E-state index < -0.39 is 0 Å². The van der Waals surface area contributed by atoms with Crippen molar-refractivity contribution in [3.63, 3.8) is 0 Å². The molecule has 0 fully saturated rings. The molecule has 6 heteroatoms. The molecule has 17 heavy (non-hydrogen) atoms. The van der Waals surface area contributed by atoms with Gasteiger partial charge < -0.3 is 4.90 Å². The molecule has 0 spiro atoms. The Balaban J connectivity index is 2.20. The van der Waals surface area contributed by atoms with Gasteiger partial charge in [-0.25, -0.2) is 15.0 Å². The average molecular weight is 269 g/mol. The third-order valence-corrected chi connectivity index (χ3v) is 3.52. The van der Waals surface area contributed by atoms with Crippen LogP contribution in [0.5, 0.6) is 0 Å². The van der Waals surface area contributed by atoms with E-state index in [1.165, 1.54) is 4.88 Å². The largest absolute Gasteiger partial charge is 0.354 e. The lowest BCUT2D eigenvalue weighted by Crippen LogP contribution is -2.18. The van der Waals surface area contributed by atoms with Crippen LogP contribution in [0.2, 0.25) is 5.28 Å². The Morgan fingerprint density at radius 1 is 1.35 bits per heavy atom. The maximum absolute atomic E-state index is 5.85. The third kappa shape index (κ3) is 2.92. The zero-order valence-corrected chi connectivity index (χ0v) is 11.5. The van der Waals surface area contributed by atoms with Gasteiger partial charge in [0, 0.05) is 23.7 Å². The summed E-state index contributed by atoms with van der Waals surface area (Å²) in [7, 11) is 1.98. The second kappa shape index (κ2) is 4.98. The lowest BCUT2D eigenvalue weighted by molar-refractivity contribution is 0.889. The van der Waals surface area contributed by atoms with Gasteiger partial charge in [-0.15, -0.1) is 11.3 Å². The highest BCUT2D eigenvalue weighted by Gasteiger charge is 2.09. The summed E-state index contributed by atoms with van der Waals surface area (Å²) >= 11 is 7.50. The predicted octanol–water partition coefficient (Wildman–Crippen LogP) is 2.84. The van der Waals surface area contributed by atoms with Crippen molar-refractivity contribution in [1.82, 2.24) is 15.0 Å². The third-order valence-electron chi connectivity index (χ3n) is 2.43. The minimum atomic E-state index is 0.285. The molecule has 2 aromatic rings. The fourth-order valence-corrected chi connectivity index (χ4v) is 2.54. The summed E-state index contributed by atoms with van der Waals surface area (Å²) in [6, 6.07) is 1.92. The molecule has 0 aromatic carbocycles. The molecule has 0 aliphatic carbocycles. The smallest absolute Gasteiger partial charge is 0.224 e. The van der Waals surface area contributed by atoms with Gasteiger partial charge in [0.05, 0.1) is 17.7 Å². The maximum Gasteiger partial charge on any atom is 0.224 e. The molecule has 0 saturated heterocycles. The average Bonchev–Trinajstić information content (AvgIpc) is 2.63. The van der Waals surface area contributed by atoms with Crippen LogP contribution in [-0.2, 0) is 6.54 Å². The van der Waals surface area contributed by atoms with Crippen molar-refractivity contribution >= 4 is 28.8 Å². The molecule has 4 nitrogen and oxygen atoms in total. The van der Waals surface area contributed by atoms with Crippen molar-refractivity contribution < 1.29 is 0 Å². The Morgan fingerprint density at radius 2 is 2.12 bits per heavy atom. The second-order valence-electron chi connectivity index (χ2n) is 3.85. The fourth-order valence-electron chi connectivity index (χ4n) is 1.49. The molecule has 2 aromatic heterocycles. The normalized spacial score (nSPS) is 10.6. The van der Waals surface area contributed by atoms with Crippen molar-refractivity contribution in [3.8, 4) is 0 Å². The van der Waals surface area contributed by atoms with Crippen LogP contribution >= 0.6 is 22.9 Å². The van der Waals surface area contributed by atoms with Gasteiger partial charge in [0.2, 0.25) is 5.28 Å². The Hall–Kier alpha value is -1.20. The molecule has 2 heterocycles. The minimum Gasteiger partial charge on any atom is -0.354 e. The van der Waals surface area contributed by atoms with Crippen molar-refractivity contribution in [2.75, 3.05) is 11.9 Å². The number of aryl methyl sites for hydroxylation is 2. The highest BCUT2D eigenvalue weighted by atomic mass is 35.5. The van der Waals surface area contributed by atoms with Crippen LogP contribution in [0.4, 0.5) is 5.82 Å². The molecule has 2 rings (SSSR count). The summed E-state index contributed by atoms with van der Waals surface area (Å²) in [5.74, 6) is 0.829. The number of anilines is 1. The van der Waals surface area contributed by atoms with E-state index in [9.17, 15) is 0 Å². The van der Waals surface area contributed by atoms with Gasteiger partial charge >= 0.3 is 0 Å². The number of hydrogen-bond acceptors (Lipinski definition) is 5. The van der Waals surface area contributed by atoms with E-state index in [2.05, 4.69) is 15.0 Å². The quantitative estimate of drug-likeness (QED) is 0.803.